The van der Waals surface area contributed by atoms with Gasteiger partial charge in [-0.15, -0.1) is 0 Å². The first kappa shape index (κ1) is 10.1. The zero-order valence-corrected chi connectivity index (χ0v) is 8.76. The van der Waals surface area contributed by atoms with Gasteiger partial charge in [0.2, 0.25) is 0 Å². The molecule has 0 bridgehead atoms. The van der Waals surface area contributed by atoms with Crippen molar-refractivity contribution in [1.29, 1.82) is 0 Å². The molecule has 3 atom stereocenters. The highest BCUT2D eigenvalue weighted by atomic mass is 32.1. The van der Waals surface area contributed by atoms with Crippen molar-refractivity contribution in [3.8, 4) is 0 Å². The van der Waals surface area contributed by atoms with E-state index in [1.165, 1.54) is 12.8 Å². The van der Waals surface area contributed by atoms with E-state index in [4.69, 9.17) is 4.74 Å². The highest BCUT2D eigenvalue weighted by molar-refractivity contribution is 7.81. The van der Waals surface area contributed by atoms with Gasteiger partial charge < -0.3 is 4.74 Å². The zero-order valence-electron chi connectivity index (χ0n) is 7.86. The summed E-state index contributed by atoms with van der Waals surface area (Å²) in [7, 11) is 1.78. The van der Waals surface area contributed by atoms with Crippen LogP contribution in [0.2, 0.25) is 0 Å². The van der Waals surface area contributed by atoms with Crippen molar-refractivity contribution in [2.75, 3.05) is 7.11 Å². The molecule has 0 radical (unpaired) electrons. The van der Waals surface area contributed by atoms with Crippen LogP contribution in [0, 0.1) is 5.92 Å². The number of thiol groups is 1. The maximum Gasteiger partial charge on any atom is 0.0692 e. The maximum absolute atomic E-state index is 5.37. The van der Waals surface area contributed by atoms with Crippen LogP contribution in [0.5, 0.6) is 0 Å². The fourth-order valence-electron chi connectivity index (χ4n) is 1.84. The largest absolute Gasteiger partial charge is 0.380 e. The van der Waals surface area contributed by atoms with E-state index < -0.39 is 0 Å². The predicted molar refractivity (Wildman–Crippen MR) is 55.7 cm³/mol. The van der Waals surface area contributed by atoms with Gasteiger partial charge in [0.25, 0.3) is 0 Å². The second-order valence-electron chi connectivity index (χ2n) is 3.44. The molecule has 1 nitrogen and oxygen atoms in total. The summed E-state index contributed by atoms with van der Waals surface area (Å²) >= 11 is 4.50. The zero-order chi connectivity index (χ0) is 8.97. The Kier molecular flexibility index (Phi) is 4.16. The molecule has 0 aromatic rings. The molecule has 2 heteroatoms. The molecule has 0 heterocycles. The van der Waals surface area contributed by atoms with E-state index in [1.54, 1.807) is 7.11 Å². The quantitative estimate of drug-likeness (QED) is 0.515. The fraction of sp³-hybridized carbons (Fsp3) is 0.800. The minimum absolute atomic E-state index is 0.350. The number of hydrogen-bond acceptors (Lipinski definition) is 2. The van der Waals surface area contributed by atoms with Gasteiger partial charge in [0, 0.05) is 12.4 Å². The van der Waals surface area contributed by atoms with Crippen molar-refractivity contribution in [3.63, 3.8) is 0 Å². The Hall–Kier alpha value is 0.0500. The smallest absolute Gasteiger partial charge is 0.0692 e. The van der Waals surface area contributed by atoms with Crippen molar-refractivity contribution in [1.82, 2.24) is 0 Å². The highest BCUT2D eigenvalue weighted by Gasteiger charge is 2.26. The van der Waals surface area contributed by atoms with Crippen LogP contribution in [-0.4, -0.2) is 18.5 Å². The van der Waals surface area contributed by atoms with Gasteiger partial charge in [-0.25, -0.2) is 0 Å². The van der Waals surface area contributed by atoms with Crippen LogP contribution in [0.15, 0.2) is 12.2 Å². The number of rotatable bonds is 2. The van der Waals surface area contributed by atoms with Crippen LogP contribution < -0.4 is 0 Å². The second kappa shape index (κ2) is 4.93. The first-order chi connectivity index (χ1) is 5.77. The summed E-state index contributed by atoms with van der Waals surface area (Å²) in [6.45, 7) is 2.08. The van der Waals surface area contributed by atoms with E-state index >= 15 is 0 Å². The molecule has 1 aliphatic rings. The molecule has 0 spiro atoms. The van der Waals surface area contributed by atoms with E-state index in [9.17, 15) is 0 Å². The van der Waals surface area contributed by atoms with E-state index in [-0.39, 0.29) is 0 Å². The van der Waals surface area contributed by atoms with Crippen molar-refractivity contribution < 1.29 is 4.74 Å². The van der Waals surface area contributed by atoms with Crippen LogP contribution >= 0.6 is 12.6 Å². The van der Waals surface area contributed by atoms with Gasteiger partial charge in [-0.05, 0) is 32.1 Å². The molecule has 1 aliphatic carbocycles. The molecule has 70 valence electrons. The molecule has 0 amide bonds. The Morgan fingerprint density at radius 1 is 1.42 bits per heavy atom. The lowest BCUT2D eigenvalue weighted by atomic mass is 9.86. The molecule has 0 aromatic carbocycles. The first-order valence-corrected chi connectivity index (χ1v) is 5.13. The summed E-state index contributed by atoms with van der Waals surface area (Å²) in [6.07, 6.45) is 8.34. The second-order valence-corrected chi connectivity index (χ2v) is 4.10. The van der Waals surface area contributed by atoms with E-state index in [2.05, 4.69) is 31.7 Å². The van der Waals surface area contributed by atoms with Gasteiger partial charge in [-0.1, -0.05) is 12.2 Å². The van der Waals surface area contributed by atoms with Crippen LogP contribution in [0.1, 0.15) is 26.2 Å². The number of methoxy groups -OCH3 is 1. The monoisotopic (exact) mass is 186 g/mol. The van der Waals surface area contributed by atoms with Crippen molar-refractivity contribution in [3.05, 3.63) is 12.2 Å². The van der Waals surface area contributed by atoms with Gasteiger partial charge >= 0.3 is 0 Å². The molecule has 2 unspecified atom stereocenters. The Balaban J connectivity index is 2.43. The third kappa shape index (κ3) is 2.53. The normalized spacial score (nSPS) is 37.4. The average molecular weight is 186 g/mol. The Morgan fingerprint density at radius 3 is 2.75 bits per heavy atom. The Morgan fingerprint density at radius 2 is 2.17 bits per heavy atom. The third-order valence-electron chi connectivity index (χ3n) is 2.56. The summed E-state index contributed by atoms with van der Waals surface area (Å²) in [4.78, 5) is 0. The Bertz CT molecular complexity index is 156. The summed E-state index contributed by atoms with van der Waals surface area (Å²) < 4.78 is 5.37. The van der Waals surface area contributed by atoms with Gasteiger partial charge in [0.05, 0.1) is 6.10 Å². The molecular formula is C10H18OS. The van der Waals surface area contributed by atoms with E-state index in [0.29, 0.717) is 17.3 Å². The van der Waals surface area contributed by atoms with E-state index in [0.717, 1.165) is 6.42 Å². The first-order valence-electron chi connectivity index (χ1n) is 4.61. The summed E-state index contributed by atoms with van der Waals surface area (Å²) in [5.74, 6) is 0.711. The maximum atomic E-state index is 5.37. The van der Waals surface area contributed by atoms with Crippen LogP contribution in [-0.2, 0) is 4.74 Å². The van der Waals surface area contributed by atoms with Crippen molar-refractivity contribution in [2.45, 2.75) is 37.5 Å². The minimum atomic E-state index is 0.350. The Labute approximate surface area is 80.6 Å². The van der Waals surface area contributed by atoms with Crippen molar-refractivity contribution >= 4 is 12.6 Å². The van der Waals surface area contributed by atoms with Crippen LogP contribution in [0.4, 0.5) is 0 Å². The van der Waals surface area contributed by atoms with Gasteiger partial charge in [-0.2, -0.15) is 12.6 Å². The van der Waals surface area contributed by atoms with Crippen molar-refractivity contribution in [2.24, 2.45) is 5.92 Å². The third-order valence-corrected chi connectivity index (χ3v) is 3.16. The molecule has 0 saturated heterocycles. The minimum Gasteiger partial charge on any atom is -0.380 e. The molecule has 0 N–H and O–H groups in total. The SMILES string of the molecule is C/C=C\C1CCC(S)[C@H](OC)C1. The highest BCUT2D eigenvalue weighted by Crippen LogP contribution is 2.30. The lowest BCUT2D eigenvalue weighted by molar-refractivity contribution is 0.0648. The van der Waals surface area contributed by atoms with E-state index in [1.807, 2.05) is 0 Å². The average Bonchev–Trinajstić information content (AvgIpc) is 2.09. The van der Waals surface area contributed by atoms with Crippen LogP contribution in [0.25, 0.3) is 0 Å². The molecule has 0 aliphatic heterocycles. The topological polar surface area (TPSA) is 9.23 Å². The fourth-order valence-corrected chi connectivity index (χ4v) is 2.24. The summed E-state index contributed by atoms with van der Waals surface area (Å²) in [5, 5.41) is 0.441. The molecule has 0 aromatic heterocycles. The number of allylic oxidation sites excluding steroid dienone is 2. The van der Waals surface area contributed by atoms with Gasteiger partial charge in [0.1, 0.15) is 0 Å². The lowest BCUT2D eigenvalue weighted by Gasteiger charge is -2.31. The summed E-state index contributed by atoms with van der Waals surface area (Å²) in [6, 6.07) is 0. The molecule has 1 fully saturated rings. The van der Waals surface area contributed by atoms with Gasteiger partial charge in [-0.3, -0.25) is 0 Å². The standard InChI is InChI=1S/C10H18OS/c1-3-4-8-5-6-10(12)9(7-8)11-2/h3-4,8-10,12H,5-7H2,1-2H3/b4-3-/t8?,9-,10?/m1/s1. The van der Waals surface area contributed by atoms with Gasteiger partial charge in [0.15, 0.2) is 0 Å². The molecule has 1 saturated carbocycles. The molecule has 12 heavy (non-hydrogen) atoms. The molecule has 1 rings (SSSR count). The number of ether oxygens (including phenoxy) is 1. The summed E-state index contributed by atoms with van der Waals surface area (Å²) in [5.41, 5.74) is 0. The lowest BCUT2D eigenvalue weighted by Crippen LogP contribution is -2.31. The predicted octanol–water partition coefficient (Wildman–Crippen LogP) is 2.68. The number of hydrogen-bond donors (Lipinski definition) is 1. The molecular weight excluding hydrogens is 168 g/mol. The van der Waals surface area contributed by atoms with Crippen LogP contribution in [0.3, 0.4) is 0 Å².